The van der Waals surface area contributed by atoms with Crippen LogP contribution in [-0.4, -0.2) is 70.3 Å². The fraction of sp³-hybridized carbons (Fsp3) is 0.556. The van der Waals surface area contributed by atoms with E-state index in [2.05, 4.69) is 5.32 Å². The van der Waals surface area contributed by atoms with Gasteiger partial charge in [0.15, 0.2) is 16.8 Å². The second-order valence-electron chi connectivity index (χ2n) is 13.4. The Bertz CT molecular complexity index is 1710. The van der Waals surface area contributed by atoms with Gasteiger partial charge in [0, 0.05) is 62.2 Å². The van der Waals surface area contributed by atoms with Crippen LogP contribution in [0.1, 0.15) is 70.8 Å². The van der Waals surface area contributed by atoms with Crippen molar-refractivity contribution in [3.63, 3.8) is 0 Å². The van der Waals surface area contributed by atoms with Crippen LogP contribution in [0, 0.1) is 36.5 Å². The van der Waals surface area contributed by atoms with E-state index in [1.165, 1.54) is 40.2 Å². The van der Waals surface area contributed by atoms with Crippen LogP contribution < -0.4 is 15.5 Å². The number of rotatable bonds is 2. The van der Waals surface area contributed by atoms with Crippen molar-refractivity contribution in [3.8, 4) is 11.5 Å². The van der Waals surface area contributed by atoms with Crippen LogP contribution in [0.5, 0.6) is 11.5 Å². The number of amides is 1. The molecule has 1 aromatic heterocycles. The lowest BCUT2D eigenvalue weighted by Crippen LogP contribution is -2.46. The van der Waals surface area contributed by atoms with E-state index in [4.69, 9.17) is 23.4 Å². The molecule has 13 nitrogen and oxygen atoms in total. The largest absolute Gasteiger partial charge is 0.504 e. The summed E-state index contributed by atoms with van der Waals surface area (Å²) in [7, 11) is 1.44. The minimum Gasteiger partial charge on any atom is -0.504 e. The standard InChI is InChI=1S/C36H47NO12/c1-16-11-10-12-17(2)35(44)37-25-15-23(39)26-27-32(21(6)30(42)33(26)48-25)49-36(8,34(27)43)46-14-13-24(45-9)18(3)31(47-22(7)38)20(5)29(41)19(4)28(16)40/h10-11,13-20,24,28-29,31,40-42H,12H2,1-9H3,(H,37,44)/t16-,17+,18+,19+,20+,24-,28-,29+,31+,36-/m0/s1. The lowest BCUT2D eigenvalue weighted by molar-refractivity contribution is -0.160. The summed E-state index contributed by atoms with van der Waals surface area (Å²) in [5.74, 6) is -7.28. The molecule has 0 radical (unpaired) electrons. The van der Waals surface area contributed by atoms with Crippen LogP contribution in [0.2, 0.25) is 0 Å². The topological polar surface area (TPSA) is 191 Å². The van der Waals surface area contributed by atoms with Gasteiger partial charge in [0.1, 0.15) is 11.9 Å². The predicted octanol–water partition coefficient (Wildman–Crippen LogP) is 4.38. The molecule has 0 unspecified atom stereocenters. The van der Waals surface area contributed by atoms with E-state index in [9.17, 15) is 34.5 Å². The highest BCUT2D eigenvalue weighted by molar-refractivity contribution is 6.16. The van der Waals surface area contributed by atoms with E-state index in [1.54, 1.807) is 46.8 Å². The number of esters is 1. The third kappa shape index (κ3) is 7.38. The zero-order valence-corrected chi connectivity index (χ0v) is 29.3. The SMILES string of the molecule is CO[C@H]1C=CO[C@@]2(C)Oc3c(C)c(O)c4oc(cc(=O)c4c3C2=O)NC(=O)[C@H](C)CC=C[C@H](C)[C@H](O)[C@@H](C)[C@@H](O)[C@@H](C)[C@H](OC(C)=O)[C@@H]1C. The predicted molar refractivity (Wildman–Crippen MR) is 179 cm³/mol. The Morgan fingerprint density at radius 2 is 1.69 bits per heavy atom. The van der Waals surface area contributed by atoms with Gasteiger partial charge >= 0.3 is 11.8 Å². The van der Waals surface area contributed by atoms with Crippen molar-refractivity contribution < 1.29 is 53.1 Å². The number of hydrogen-bond donors (Lipinski definition) is 4. The van der Waals surface area contributed by atoms with Gasteiger partial charge in [-0.25, -0.2) is 0 Å². The number of nitrogens with one attached hydrogen (secondary N) is 1. The number of allylic oxidation sites excluding steroid dienone is 1. The first-order chi connectivity index (χ1) is 22.9. The fourth-order valence-corrected chi connectivity index (χ4v) is 6.53. The second kappa shape index (κ2) is 14.7. The number of phenolic OH excluding ortho intramolecular Hbond substituents is 1. The molecule has 0 saturated heterocycles. The molecule has 49 heavy (non-hydrogen) atoms. The number of aliphatic hydroxyl groups excluding tert-OH is 2. The maximum absolute atomic E-state index is 13.8. The third-order valence-electron chi connectivity index (χ3n) is 9.74. The van der Waals surface area contributed by atoms with E-state index in [0.717, 1.165) is 6.07 Å². The van der Waals surface area contributed by atoms with Gasteiger partial charge in [0.05, 0.1) is 35.5 Å². The molecule has 10 atom stereocenters. The van der Waals surface area contributed by atoms with Gasteiger partial charge in [-0.2, -0.15) is 0 Å². The second-order valence-corrected chi connectivity index (χ2v) is 13.4. The number of benzene rings is 1. The van der Waals surface area contributed by atoms with Crippen LogP contribution in [-0.2, 0) is 23.8 Å². The number of fused-ring (bicyclic) bond motifs is 15. The smallest absolute Gasteiger partial charge is 0.312 e. The van der Waals surface area contributed by atoms with Crippen LogP contribution in [0.4, 0.5) is 5.88 Å². The van der Waals surface area contributed by atoms with Gasteiger partial charge < -0.3 is 38.7 Å². The molecule has 0 fully saturated rings. The first-order valence-corrected chi connectivity index (χ1v) is 16.4. The number of aliphatic hydroxyl groups is 2. The first kappa shape index (κ1) is 37.6. The Morgan fingerprint density at radius 3 is 2.33 bits per heavy atom. The zero-order chi connectivity index (χ0) is 36.5. The number of phenols is 1. The van der Waals surface area contributed by atoms with Crippen molar-refractivity contribution in [2.45, 2.75) is 92.0 Å². The zero-order valence-electron chi connectivity index (χ0n) is 29.3. The number of carbonyl (C=O) groups excluding carboxylic acids is 3. The van der Waals surface area contributed by atoms with Crippen molar-refractivity contribution in [2.75, 3.05) is 12.4 Å². The molecule has 268 valence electrons. The molecular weight excluding hydrogens is 638 g/mol. The third-order valence-corrected chi connectivity index (χ3v) is 9.74. The summed E-state index contributed by atoms with van der Waals surface area (Å²) in [6, 6.07) is 1.02. The summed E-state index contributed by atoms with van der Waals surface area (Å²) >= 11 is 0. The van der Waals surface area contributed by atoms with Crippen molar-refractivity contribution in [1.29, 1.82) is 0 Å². The van der Waals surface area contributed by atoms with Gasteiger partial charge in [-0.05, 0) is 19.4 Å². The van der Waals surface area contributed by atoms with Gasteiger partial charge in [-0.3, -0.25) is 24.5 Å². The molecule has 5 rings (SSSR count). The first-order valence-electron chi connectivity index (χ1n) is 16.4. The Morgan fingerprint density at radius 1 is 1.02 bits per heavy atom. The Balaban J connectivity index is 1.81. The molecule has 4 N–H and O–H groups in total. The minimum atomic E-state index is -1.96. The van der Waals surface area contributed by atoms with Gasteiger partial charge in [0.25, 0.3) is 5.78 Å². The Labute approximate surface area is 284 Å². The lowest BCUT2D eigenvalue weighted by Gasteiger charge is -2.38. The number of aromatic hydroxyl groups is 1. The van der Waals surface area contributed by atoms with Crippen LogP contribution >= 0.6 is 0 Å². The van der Waals surface area contributed by atoms with Gasteiger partial charge in [0.2, 0.25) is 11.8 Å². The summed E-state index contributed by atoms with van der Waals surface area (Å²) < 4.78 is 28.9. The Kier molecular flexibility index (Phi) is 11.3. The number of carbonyl (C=O) groups is 3. The molecule has 1 amide bonds. The molecule has 0 saturated carbocycles. The monoisotopic (exact) mass is 685 g/mol. The van der Waals surface area contributed by atoms with E-state index < -0.39 is 88.6 Å². The summed E-state index contributed by atoms with van der Waals surface area (Å²) in [5, 5.41) is 35.9. The molecule has 3 aliphatic rings. The molecule has 13 heteroatoms. The average molecular weight is 686 g/mol. The molecule has 4 heterocycles. The summed E-state index contributed by atoms with van der Waals surface area (Å²) in [6.07, 6.45) is 2.79. The van der Waals surface area contributed by atoms with Crippen LogP contribution in [0.15, 0.2) is 39.8 Å². The van der Waals surface area contributed by atoms with E-state index in [1.807, 2.05) is 0 Å². The van der Waals surface area contributed by atoms with Crippen LogP contribution in [0.3, 0.4) is 0 Å². The van der Waals surface area contributed by atoms with Crippen molar-refractivity contribution in [2.24, 2.45) is 29.6 Å². The lowest BCUT2D eigenvalue weighted by atomic mass is 9.78. The van der Waals surface area contributed by atoms with E-state index in [-0.39, 0.29) is 40.2 Å². The molecule has 3 aliphatic heterocycles. The molecule has 1 aromatic carbocycles. The van der Waals surface area contributed by atoms with Crippen LogP contribution in [0.25, 0.3) is 11.0 Å². The Hall–Kier alpha value is -4.20. The van der Waals surface area contributed by atoms with Crippen molar-refractivity contribution >= 4 is 34.5 Å². The average Bonchev–Trinajstić information content (AvgIpc) is 3.31. The quantitative estimate of drug-likeness (QED) is 0.258. The normalized spacial score (nSPS) is 32.9. The van der Waals surface area contributed by atoms with Gasteiger partial charge in [-0.1, -0.05) is 46.8 Å². The maximum Gasteiger partial charge on any atom is 0.312 e. The maximum atomic E-state index is 13.8. The molecule has 5 bridgehead atoms. The number of hydrogen-bond acceptors (Lipinski definition) is 12. The summed E-state index contributed by atoms with van der Waals surface area (Å²) in [5.41, 5.74) is -1.01. The molecule has 0 spiro atoms. The number of ether oxygens (including phenoxy) is 4. The number of methoxy groups -OCH3 is 1. The van der Waals surface area contributed by atoms with E-state index in [0.29, 0.717) is 0 Å². The summed E-state index contributed by atoms with van der Waals surface area (Å²) in [4.78, 5) is 52.5. The number of anilines is 1. The molecular formula is C36H47NO12. The highest BCUT2D eigenvalue weighted by Gasteiger charge is 2.49. The minimum absolute atomic E-state index is 0.0548. The van der Waals surface area contributed by atoms with E-state index >= 15 is 0 Å². The number of Topliss-reactive ketones (excluding diaryl/α,β-unsaturated/α-hetero) is 1. The van der Waals surface area contributed by atoms with Gasteiger partial charge in [-0.15, -0.1) is 0 Å². The van der Waals surface area contributed by atoms with Crippen molar-refractivity contribution in [1.82, 2.24) is 0 Å². The molecule has 2 aromatic rings. The highest BCUT2D eigenvalue weighted by atomic mass is 16.7. The number of ketones is 1. The molecule has 0 aliphatic carbocycles. The highest BCUT2D eigenvalue weighted by Crippen LogP contribution is 2.46. The summed E-state index contributed by atoms with van der Waals surface area (Å²) in [6.45, 7) is 12.8. The fourth-order valence-electron chi connectivity index (χ4n) is 6.53. The van der Waals surface area contributed by atoms with Crippen molar-refractivity contribution in [3.05, 3.63) is 51.9 Å².